The van der Waals surface area contributed by atoms with E-state index >= 15 is 0 Å². The monoisotopic (exact) mass is 287 g/mol. The van der Waals surface area contributed by atoms with Crippen molar-refractivity contribution in [1.82, 2.24) is 14.5 Å². The van der Waals surface area contributed by atoms with E-state index in [0.717, 1.165) is 47.6 Å². The van der Waals surface area contributed by atoms with E-state index in [0.29, 0.717) is 12.5 Å². The van der Waals surface area contributed by atoms with E-state index in [1.165, 1.54) is 0 Å². The summed E-state index contributed by atoms with van der Waals surface area (Å²) in [5.41, 5.74) is 3.99. The number of aromatic hydroxyl groups is 1. The quantitative estimate of drug-likeness (QED) is 0.941. The van der Waals surface area contributed by atoms with Crippen LogP contribution in [0.1, 0.15) is 22.3 Å². The molecule has 0 fully saturated rings. The second-order valence-corrected chi connectivity index (χ2v) is 5.66. The summed E-state index contributed by atoms with van der Waals surface area (Å²) in [6, 6.07) is 0. The first-order valence-corrected chi connectivity index (χ1v) is 7.20. The number of phenols is 1. The number of hydrogen-bond donors (Lipinski definition) is 1. The number of hydrogen-bond acceptors (Lipinski definition) is 4. The molecule has 1 aromatic heterocycles. The van der Waals surface area contributed by atoms with Gasteiger partial charge in [0.1, 0.15) is 18.2 Å². The molecular weight excluding hydrogens is 266 g/mol. The largest absolute Gasteiger partial charge is 0.507 e. The summed E-state index contributed by atoms with van der Waals surface area (Å²) in [6.07, 6.45) is 5.57. The van der Waals surface area contributed by atoms with Crippen molar-refractivity contribution in [2.75, 3.05) is 13.3 Å². The molecule has 5 nitrogen and oxygen atoms in total. The van der Waals surface area contributed by atoms with Gasteiger partial charge in [-0.1, -0.05) is 0 Å². The highest BCUT2D eigenvalue weighted by atomic mass is 16.5. The zero-order valence-corrected chi connectivity index (χ0v) is 12.8. The maximum Gasteiger partial charge on any atom is 0.142 e. The summed E-state index contributed by atoms with van der Waals surface area (Å²) in [5.74, 6) is 1.34. The lowest BCUT2D eigenvalue weighted by Crippen LogP contribution is -2.35. The maximum absolute atomic E-state index is 10.2. The van der Waals surface area contributed by atoms with Gasteiger partial charge < -0.3 is 14.4 Å². The molecule has 5 heteroatoms. The fourth-order valence-electron chi connectivity index (χ4n) is 2.80. The highest BCUT2D eigenvalue weighted by Gasteiger charge is 2.24. The Labute approximate surface area is 124 Å². The predicted octanol–water partition coefficient (Wildman–Crippen LogP) is 2.37. The normalized spacial score (nSPS) is 14.8. The van der Waals surface area contributed by atoms with Gasteiger partial charge in [-0.3, -0.25) is 4.90 Å². The average molecular weight is 287 g/mol. The topological polar surface area (TPSA) is 50.5 Å². The standard InChI is InChI=1S/C16H21N3O2/c1-11-12(2)16-14(13(3)15(11)20)8-19(10-21-16)7-6-18-5-4-17-9-18/h4-5,9,20H,6-8,10H2,1-3H3. The molecule has 21 heavy (non-hydrogen) atoms. The SMILES string of the molecule is Cc1c(C)c2c(c(C)c1O)CN(CCn1ccnc1)CO2. The van der Waals surface area contributed by atoms with Gasteiger partial charge in [0, 0.05) is 37.6 Å². The van der Waals surface area contributed by atoms with Gasteiger partial charge in [-0.2, -0.15) is 0 Å². The minimum absolute atomic E-state index is 0.395. The van der Waals surface area contributed by atoms with Crippen molar-refractivity contribution in [3.05, 3.63) is 41.0 Å². The van der Waals surface area contributed by atoms with Crippen molar-refractivity contribution in [2.24, 2.45) is 0 Å². The summed E-state index contributed by atoms with van der Waals surface area (Å²) < 4.78 is 8.00. The van der Waals surface area contributed by atoms with Crippen molar-refractivity contribution in [2.45, 2.75) is 33.9 Å². The molecule has 1 aliphatic heterocycles. The van der Waals surface area contributed by atoms with Gasteiger partial charge in [-0.15, -0.1) is 0 Å². The van der Waals surface area contributed by atoms with E-state index in [2.05, 4.69) is 14.5 Å². The number of fused-ring (bicyclic) bond motifs is 1. The minimum atomic E-state index is 0.395. The van der Waals surface area contributed by atoms with Crippen molar-refractivity contribution in [3.8, 4) is 11.5 Å². The van der Waals surface area contributed by atoms with E-state index in [4.69, 9.17) is 4.74 Å². The minimum Gasteiger partial charge on any atom is -0.507 e. The molecule has 0 bridgehead atoms. The van der Waals surface area contributed by atoms with Crippen LogP contribution in [0.4, 0.5) is 0 Å². The van der Waals surface area contributed by atoms with Crippen LogP contribution in [-0.4, -0.2) is 32.8 Å². The van der Waals surface area contributed by atoms with E-state index < -0.39 is 0 Å². The Morgan fingerprint density at radius 3 is 2.71 bits per heavy atom. The number of aromatic nitrogens is 2. The molecule has 0 spiro atoms. The first-order valence-electron chi connectivity index (χ1n) is 7.20. The number of ether oxygens (including phenoxy) is 1. The summed E-state index contributed by atoms with van der Waals surface area (Å²) in [4.78, 5) is 6.29. The van der Waals surface area contributed by atoms with Crippen LogP contribution in [0.2, 0.25) is 0 Å². The zero-order valence-electron chi connectivity index (χ0n) is 12.8. The zero-order chi connectivity index (χ0) is 15.0. The van der Waals surface area contributed by atoms with E-state index in [1.54, 1.807) is 6.20 Å². The third-order valence-electron chi connectivity index (χ3n) is 4.35. The molecule has 0 atom stereocenters. The fourth-order valence-corrected chi connectivity index (χ4v) is 2.80. The van der Waals surface area contributed by atoms with Crippen LogP contribution in [0, 0.1) is 20.8 Å². The highest BCUT2D eigenvalue weighted by molar-refractivity contribution is 5.57. The second kappa shape index (κ2) is 5.41. The molecule has 0 saturated heterocycles. The molecule has 3 rings (SSSR count). The van der Waals surface area contributed by atoms with Crippen molar-refractivity contribution < 1.29 is 9.84 Å². The van der Waals surface area contributed by atoms with Crippen LogP contribution in [0.15, 0.2) is 18.7 Å². The van der Waals surface area contributed by atoms with E-state index in [9.17, 15) is 5.11 Å². The Balaban J connectivity index is 1.79. The number of rotatable bonds is 3. The third-order valence-corrected chi connectivity index (χ3v) is 4.35. The highest BCUT2D eigenvalue weighted by Crippen LogP contribution is 2.39. The lowest BCUT2D eigenvalue weighted by molar-refractivity contribution is 0.0904. The van der Waals surface area contributed by atoms with Crippen LogP contribution in [-0.2, 0) is 13.1 Å². The molecule has 0 saturated carbocycles. The van der Waals surface area contributed by atoms with Crippen LogP contribution in [0.3, 0.4) is 0 Å². The fraction of sp³-hybridized carbons (Fsp3) is 0.438. The van der Waals surface area contributed by atoms with Crippen molar-refractivity contribution in [1.29, 1.82) is 0 Å². The van der Waals surface area contributed by atoms with Crippen molar-refractivity contribution in [3.63, 3.8) is 0 Å². The summed E-state index contributed by atoms with van der Waals surface area (Å²) in [7, 11) is 0. The van der Waals surface area contributed by atoms with E-state index in [-0.39, 0.29) is 0 Å². The second-order valence-electron chi connectivity index (χ2n) is 5.66. The average Bonchev–Trinajstić information content (AvgIpc) is 3.02. The molecule has 0 unspecified atom stereocenters. The Bertz CT molecular complexity index is 650. The lowest BCUT2D eigenvalue weighted by Gasteiger charge is -2.32. The van der Waals surface area contributed by atoms with Crippen LogP contribution >= 0.6 is 0 Å². The van der Waals surface area contributed by atoms with E-state index in [1.807, 2.05) is 33.3 Å². The van der Waals surface area contributed by atoms with Gasteiger partial charge in [0.2, 0.25) is 0 Å². The molecule has 0 aliphatic carbocycles. The summed E-state index contributed by atoms with van der Waals surface area (Å²) in [6.45, 7) is 9.08. The summed E-state index contributed by atoms with van der Waals surface area (Å²) in [5, 5.41) is 10.2. The Morgan fingerprint density at radius 2 is 2.00 bits per heavy atom. The number of imidazole rings is 1. The lowest BCUT2D eigenvalue weighted by atomic mass is 9.96. The summed E-state index contributed by atoms with van der Waals surface area (Å²) >= 11 is 0. The molecule has 0 amide bonds. The first-order chi connectivity index (χ1) is 10.1. The predicted molar refractivity (Wildman–Crippen MR) is 80.4 cm³/mol. The molecular formula is C16H21N3O2. The van der Waals surface area contributed by atoms with Crippen LogP contribution in [0.5, 0.6) is 11.5 Å². The maximum atomic E-state index is 10.2. The molecule has 1 N–H and O–H groups in total. The molecule has 2 aromatic rings. The molecule has 0 radical (unpaired) electrons. The number of benzene rings is 1. The van der Waals surface area contributed by atoms with Gasteiger partial charge in [0.05, 0.1) is 6.33 Å². The van der Waals surface area contributed by atoms with Gasteiger partial charge in [0.15, 0.2) is 0 Å². The molecule has 2 heterocycles. The van der Waals surface area contributed by atoms with Crippen LogP contribution < -0.4 is 4.74 Å². The third kappa shape index (κ3) is 2.49. The van der Waals surface area contributed by atoms with Crippen molar-refractivity contribution >= 4 is 0 Å². The Morgan fingerprint density at radius 1 is 1.19 bits per heavy atom. The molecule has 112 valence electrons. The smallest absolute Gasteiger partial charge is 0.142 e. The first kappa shape index (κ1) is 13.9. The molecule has 1 aromatic carbocycles. The van der Waals surface area contributed by atoms with Gasteiger partial charge in [-0.25, -0.2) is 4.98 Å². The van der Waals surface area contributed by atoms with Gasteiger partial charge in [-0.05, 0) is 37.5 Å². The van der Waals surface area contributed by atoms with Crippen LogP contribution in [0.25, 0.3) is 0 Å². The van der Waals surface area contributed by atoms with Gasteiger partial charge >= 0.3 is 0 Å². The number of nitrogens with zero attached hydrogens (tertiary/aromatic N) is 3. The Hall–Kier alpha value is -2.01. The molecule has 1 aliphatic rings. The number of phenolic OH excluding ortho intramolecular Hbond substituents is 1. The Kier molecular flexibility index (Phi) is 3.59. The van der Waals surface area contributed by atoms with Gasteiger partial charge in [0.25, 0.3) is 0 Å².